The molecule has 96 valence electrons. The van der Waals surface area contributed by atoms with Crippen molar-refractivity contribution in [1.82, 2.24) is 10.3 Å². The summed E-state index contributed by atoms with van der Waals surface area (Å²) in [6.45, 7) is 7.20. The number of nitrogens with zero attached hydrogens (tertiary/aromatic N) is 3. The molecular weight excluding hydrogens is 224 g/mol. The normalized spacial score (nSPS) is 18.6. The van der Waals surface area contributed by atoms with Gasteiger partial charge < -0.3 is 10.2 Å². The van der Waals surface area contributed by atoms with Crippen LogP contribution in [0.3, 0.4) is 0 Å². The van der Waals surface area contributed by atoms with Crippen molar-refractivity contribution < 1.29 is 0 Å². The zero-order valence-electron chi connectivity index (χ0n) is 11.1. The zero-order chi connectivity index (χ0) is 13.0. The molecule has 2 rings (SSSR count). The van der Waals surface area contributed by atoms with Crippen LogP contribution in [0.5, 0.6) is 0 Å². The van der Waals surface area contributed by atoms with Gasteiger partial charge in [-0.25, -0.2) is 4.98 Å². The Morgan fingerprint density at radius 1 is 1.56 bits per heavy atom. The van der Waals surface area contributed by atoms with Crippen LogP contribution >= 0.6 is 0 Å². The van der Waals surface area contributed by atoms with Crippen LogP contribution in [0.2, 0.25) is 0 Å². The first-order valence-electron chi connectivity index (χ1n) is 6.60. The number of hydrogen-bond acceptors (Lipinski definition) is 4. The first-order chi connectivity index (χ1) is 8.74. The summed E-state index contributed by atoms with van der Waals surface area (Å²) in [6, 6.07) is 6.46. The number of nitriles is 1. The van der Waals surface area contributed by atoms with Crippen LogP contribution in [0.15, 0.2) is 12.1 Å². The molecular formula is C14H20N4. The second-order valence-electron chi connectivity index (χ2n) is 4.81. The molecule has 0 aromatic carbocycles. The van der Waals surface area contributed by atoms with E-state index in [1.165, 1.54) is 0 Å². The van der Waals surface area contributed by atoms with Crippen LogP contribution in [0.4, 0.5) is 5.82 Å². The van der Waals surface area contributed by atoms with Crippen molar-refractivity contribution in [3.05, 3.63) is 23.4 Å². The molecule has 1 aromatic heterocycles. The van der Waals surface area contributed by atoms with E-state index in [9.17, 15) is 0 Å². The molecule has 0 radical (unpaired) electrons. The van der Waals surface area contributed by atoms with E-state index < -0.39 is 0 Å². The quantitative estimate of drug-likeness (QED) is 0.878. The van der Waals surface area contributed by atoms with Gasteiger partial charge in [0.15, 0.2) is 0 Å². The van der Waals surface area contributed by atoms with E-state index in [2.05, 4.69) is 28.2 Å². The summed E-state index contributed by atoms with van der Waals surface area (Å²) in [5.41, 5.74) is 1.61. The van der Waals surface area contributed by atoms with Gasteiger partial charge in [0.2, 0.25) is 0 Å². The van der Waals surface area contributed by atoms with E-state index in [0.717, 1.165) is 44.0 Å². The lowest BCUT2D eigenvalue weighted by molar-refractivity contribution is 0.617. The van der Waals surface area contributed by atoms with Gasteiger partial charge >= 0.3 is 0 Å². The highest BCUT2D eigenvalue weighted by Crippen LogP contribution is 2.20. The van der Waals surface area contributed by atoms with Crippen LogP contribution in [0.1, 0.15) is 31.0 Å². The van der Waals surface area contributed by atoms with Crippen molar-refractivity contribution >= 4 is 5.82 Å². The summed E-state index contributed by atoms with van der Waals surface area (Å²) in [4.78, 5) is 6.93. The summed E-state index contributed by atoms with van der Waals surface area (Å²) in [7, 11) is 0. The molecule has 1 fully saturated rings. The van der Waals surface area contributed by atoms with Gasteiger partial charge in [-0.2, -0.15) is 5.26 Å². The second-order valence-corrected chi connectivity index (χ2v) is 4.81. The molecule has 1 aliphatic heterocycles. The van der Waals surface area contributed by atoms with Gasteiger partial charge in [-0.15, -0.1) is 0 Å². The van der Waals surface area contributed by atoms with Crippen LogP contribution in [-0.4, -0.2) is 30.7 Å². The predicted molar refractivity (Wildman–Crippen MR) is 72.6 cm³/mol. The van der Waals surface area contributed by atoms with Crippen molar-refractivity contribution in [2.24, 2.45) is 0 Å². The van der Waals surface area contributed by atoms with E-state index in [-0.39, 0.29) is 0 Å². The topological polar surface area (TPSA) is 52.0 Å². The standard InChI is InChI=1S/C14H20N4/c1-3-6-18(13-4-5-16-10-13)14-8-12(9-15)7-11(2)17-14/h7-8,13,16H,3-6,10H2,1-2H3. The Hall–Kier alpha value is -1.60. The van der Waals surface area contributed by atoms with Crippen LogP contribution in [-0.2, 0) is 0 Å². The maximum atomic E-state index is 9.05. The van der Waals surface area contributed by atoms with Gasteiger partial charge in [-0.05, 0) is 38.4 Å². The lowest BCUT2D eigenvalue weighted by Crippen LogP contribution is -2.38. The fourth-order valence-electron chi connectivity index (χ4n) is 2.49. The Bertz CT molecular complexity index is 444. The molecule has 0 amide bonds. The average molecular weight is 244 g/mol. The third kappa shape index (κ3) is 2.80. The van der Waals surface area contributed by atoms with Crippen LogP contribution < -0.4 is 10.2 Å². The Balaban J connectivity index is 2.29. The third-order valence-electron chi connectivity index (χ3n) is 3.30. The van der Waals surface area contributed by atoms with E-state index in [4.69, 9.17) is 5.26 Å². The molecule has 1 N–H and O–H groups in total. The molecule has 1 saturated heterocycles. The predicted octanol–water partition coefficient (Wildman–Crippen LogP) is 1.84. The highest BCUT2D eigenvalue weighted by molar-refractivity contribution is 5.47. The van der Waals surface area contributed by atoms with Gasteiger partial charge in [-0.3, -0.25) is 0 Å². The number of nitrogens with one attached hydrogen (secondary N) is 1. The summed E-state index contributed by atoms with van der Waals surface area (Å²) >= 11 is 0. The molecule has 18 heavy (non-hydrogen) atoms. The molecule has 1 atom stereocenters. The molecule has 4 heteroatoms. The summed E-state index contributed by atoms with van der Waals surface area (Å²) < 4.78 is 0. The smallest absolute Gasteiger partial charge is 0.130 e. The summed E-state index contributed by atoms with van der Waals surface area (Å²) in [6.07, 6.45) is 2.24. The minimum absolute atomic E-state index is 0.505. The lowest BCUT2D eigenvalue weighted by Gasteiger charge is -2.29. The maximum absolute atomic E-state index is 9.05. The number of pyridine rings is 1. The first-order valence-corrected chi connectivity index (χ1v) is 6.60. The highest BCUT2D eigenvalue weighted by atomic mass is 15.2. The number of hydrogen-bond donors (Lipinski definition) is 1. The Morgan fingerprint density at radius 2 is 2.39 bits per heavy atom. The molecule has 1 aliphatic rings. The van der Waals surface area contributed by atoms with E-state index in [1.807, 2.05) is 19.1 Å². The fourth-order valence-corrected chi connectivity index (χ4v) is 2.49. The lowest BCUT2D eigenvalue weighted by atomic mass is 10.1. The molecule has 0 aliphatic carbocycles. The van der Waals surface area contributed by atoms with Crippen molar-refractivity contribution in [1.29, 1.82) is 5.26 Å². The Morgan fingerprint density at radius 3 is 3.00 bits per heavy atom. The monoisotopic (exact) mass is 244 g/mol. The van der Waals surface area contributed by atoms with Gasteiger partial charge in [-0.1, -0.05) is 6.92 Å². The van der Waals surface area contributed by atoms with E-state index >= 15 is 0 Å². The second kappa shape index (κ2) is 5.83. The third-order valence-corrected chi connectivity index (χ3v) is 3.30. The van der Waals surface area contributed by atoms with Crippen LogP contribution in [0.25, 0.3) is 0 Å². The number of aryl methyl sites for hydroxylation is 1. The molecule has 0 saturated carbocycles. The van der Waals surface area contributed by atoms with E-state index in [0.29, 0.717) is 11.6 Å². The Labute approximate surface area is 109 Å². The largest absolute Gasteiger partial charge is 0.352 e. The van der Waals surface area contributed by atoms with Crippen molar-refractivity contribution in [2.75, 3.05) is 24.5 Å². The van der Waals surface area contributed by atoms with Gasteiger partial charge in [0, 0.05) is 24.8 Å². The van der Waals surface area contributed by atoms with Crippen molar-refractivity contribution in [2.45, 2.75) is 32.7 Å². The molecule has 1 unspecified atom stereocenters. The SMILES string of the molecule is CCCN(c1cc(C#N)cc(C)n1)C1CCNC1. The summed E-state index contributed by atoms with van der Waals surface area (Å²) in [5.74, 6) is 0.946. The molecule has 4 nitrogen and oxygen atoms in total. The van der Waals surface area contributed by atoms with Gasteiger partial charge in [0.1, 0.15) is 5.82 Å². The zero-order valence-corrected chi connectivity index (χ0v) is 11.1. The molecule has 1 aromatic rings. The Kier molecular flexibility index (Phi) is 4.16. The molecule has 2 heterocycles. The minimum Gasteiger partial charge on any atom is -0.352 e. The van der Waals surface area contributed by atoms with Gasteiger partial charge in [0.25, 0.3) is 0 Å². The highest BCUT2D eigenvalue weighted by Gasteiger charge is 2.23. The van der Waals surface area contributed by atoms with Crippen molar-refractivity contribution in [3.8, 4) is 6.07 Å². The van der Waals surface area contributed by atoms with E-state index in [1.54, 1.807) is 0 Å². The van der Waals surface area contributed by atoms with Crippen molar-refractivity contribution in [3.63, 3.8) is 0 Å². The van der Waals surface area contributed by atoms with Crippen LogP contribution in [0, 0.1) is 18.3 Å². The number of anilines is 1. The number of rotatable bonds is 4. The average Bonchev–Trinajstić information content (AvgIpc) is 2.88. The first kappa shape index (κ1) is 12.8. The fraction of sp³-hybridized carbons (Fsp3) is 0.571. The number of aromatic nitrogens is 1. The maximum Gasteiger partial charge on any atom is 0.130 e. The summed E-state index contributed by atoms with van der Waals surface area (Å²) in [5, 5.41) is 12.4. The minimum atomic E-state index is 0.505. The molecule has 0 spiro atoms. The molecule has 0 bridgehead atoms. The van der Waals surface area contributed by atoms with Gasteiger partial charge in [0.05, 0.1) is 11.6 Å².